The number of fused-ring (bicyclic) bond motifs is 2. The maximum absolute atomic E-state index is 13.4. The SMILES string of the molecule is COc1cc(F)c(F)cc1C(=O)C1CC2CCC(C1)S2. The molecule has 108 valence electrons. The Balaban J connectivity index is 1.88. The minimum absolute atomic E-state index is 0.0903. The highest BCUT2D eigenvalue weighted by atomic mass is 32.2. The van der Waals surface area contributed by atoms with Crippen molar-refractivity contribution in [3.05, 3.63) is 29.3 Å². The van der Waals surface area contributed by atoms with E-state index in [1.165, 1.54) is 7.11 Å². The van der Waals surface area contributed by atoms with Crippen molar-refractivity contribution in [2.45, 2.75) is 36.2 Å². The molecule has 5 heteroatoms. The van der Waals surface area contributed by atoms with E-state index in [0.29, 0.717) is 10.5 Å². The van der Waals surface area contributed by atoms with Crippen molar-refractivity contribution in [2.24, 2.45) is 5.92 Å². The second kappa shape index (κ2) is 5.35. The third-order valence-electron chi connectivity index (χ3n) is 4.17. The lowest BCUT2D eigenvalue weighted by Crippen LogP contribution is -2.25. The molecule has 0 spiro atoms. The summed E-state index contributed by atoms with van der Waals surface area (Å²) < 4.78 is 31.6. The van der Waals surface area contributed by atoms with E-state index in [-0.39, 0.29) is 23.0 Å². The first-order chi connectivity index (χ1) is 9.58. The van der Waals surface area contributed by atoms with Gasteiger partial charge in [-0.25, -0.2) is 8.78 Å². The molecule has 0 aliphatic carbocycles. The normalized spacial score (nSPS) is 28.4. The Morgan fingerprint density at radius 2 is 1.80 bits per heavy atom. The van der Waals surface area contributed by atoms with Crippen molar-refractivity contribution in [1.82, 2.24) is 0 Å². The number of carbonyl (C=O) groups excluding carboxylic acids is 1. The van der Waals surface area contributed by atoms with Crippen LogP contribution in [0.1, 0.15) is 36.0 Å². The molecule has 2 unspecified atom stereocenters. The van der Waals surface area contributed by atoms with E-state index in [1.54, 1.807) is 0 Å². The second-order valence-electron chi connectivity index (χ2n) is 5.46. The van der Waals surface area contributed by atoms with Crippen molar-refractivity contribution >= 4 is 17.5 Å². The van der Waals surface area contributed by atoms with Gasteiger partial charge in [0.25, 0.3) is 0 Å². The molecule has 2 heterocycles. The number of halogens is 2. The summed E-state index contributed by atoms with van der Waals surface area (Å²) in [6.45, 7) is 0. The fraction of sp³-hybridized carbons (Fsp3) is 0.533. The summed E-state index contributed by atoms with van der Waals surface area (Å²) >= 11 is 1.97. The number of hydrogen-bond acceptors (Lipinski definition) is 3. The zero-order chi connectivity index (χ0) is 14.3. The lowest BCUT2D eigenvalue weighted by Gasteiger charge is -2.26. The largest absolute Gasteiger partial charge is 0.496 e. The summed E-state index contributed by atoms with van der Waals surface area (Å²) in [5, 5.41) is 1.08. The number of thioether (sulfide) groups is 1. The van der Waals surface area contributed by atoms with Crippen LogP contribution in [0.3, 0.4) is 0 Å². The highest BCUT2D eigenvalue weighted by Crippen LogP contribution is 2.47. The Morgan fingerprint density at radius 3 is 2.40 bits per heavy atom. The summed E-state index contributed by atoms with van der Waals surface area (Å²) in [5.41, 5.74) is 0.169. The molecule has 0 radical (unpaired) electrons. The summed E-state index contributed by atoms with van der Waals surface area (Å²) in [6, 6.07) is 1.93. The summed E-state index contributed by atoms with van der Waals surface area (Å²) in [5.74, 6) is -2.06. The third kappa shape index (κ3) is 2.43. The van der Waals surface area contributed by atoms with Gasteiger partial charge in [0.05, 0.1) is 12.7 Å². The van der Waals surface area contributed by atoms with E-state index >= 15 is 0 Å². The fourth-order valence-electron chi connectivity index (χ4n) is 3.18. The van der Waals surface area contributed by atoms with Crippen LogP contribution in [0.2, 0.25) is 0 Å². The van der Waals surface area contributed by atoms with Crippen LogP contribution in [0.15, 0.2) is 12.1 Å². The van der Waals surface area contributed by atoms with E-state index < -0.39 is 11.6 Å². The zero-order valence-corrected chi connectivity index (χ0v) is 12.0. The van der Waals surface area contributed by atoms with E-state index in [4.69, 9.17) is 4.74 Å². The van der Waals surface area contributed by atoms with Gasteiger partial charge in [-0.15, -0.1) is 0 Å². The van der Waals surface area contributed by atoms with E-state index in [0.717, 1.165) is 37.8 Å². The molecule has 2 atom stereocenters. The van der Waals surface area contributed by atoms with Crippen LogP contribution in [-0.4, -0.2) is 23.4 Å². The molecule has 20 heavy (non-hydrogen) atoms. The Kier molecular flexibility index (Phi) is 3.71. The number of rotatable bonds is 3. The quantitative estimate of drug-likeness (QED) is 0.793. The van der Waals surface area contributed by atoms with Crippen LogP contribution in [0.25, 0.3) is 0 Å². The molecule has 2 bridgehead atoms. The van der Waals surface area contributed by atoms with E-state index in [2.05, 4.69) is 0 Å². The van der Waals surface area contributed by atoms with Gasteiger partial charge in [0.15, 0.2) is 17.4 Å². The van der Waals surface area contributed by atoms with Crippen molar-refractivity contribution in [1.29, 1.82) is 0 Å². The molecule has 0 amide bonds. The van der Waals surface area contributed by atoms with Crippen LogP contribution >= 0.6 is 11.8 Å². The van der Waals surface area contributed by atoms with Crippen molar-refractivity contribution < 1.29 is 18.3 Å². The lowest BCUT2D eigenvalue weighted by atomic mass is 9.90. The number of hydrogen-bond donors (Lipinski definition) is 0. The highest BCUT2D eigenvalue weighted by molar-refractivity contribution is 8.00. The van der Waals surface area contributed by atoms with Crippen LogP contribution in [0.5, 0.6) is 5.75 Å². The molecule has 2 saturated heterocycles. The average Bonchev–Trinajstić information content (AvgIpc) is 2.79. The van der Waals surface area contributed by atoms with Crippen molar-refractivity contribution in [2.75, 3.05) is 7.11 Å². The summed E-state index contributed by atoms with van der Waals surface area (Å²) in [7, 11) is 1.36. The van der Waals surface area contributed by atoms with Crippen molar-refractivity contribution in [3.8, 4) is 5.75 Å². The number of ketones is 1. The first-order valence-electron chi connectivity index (χ1n) is 6.81. The van der Waals surface area contributed by atoms with Gasteiger partial charge < -0.3 is 4.74 Å². The topological polar surface area (TPSA) is 26.3 Å². The molecule has 2 aliphatic heterocycles. The van der Waals surface area contributed by atoms with Gasteiger partial charge in [-0.1, -0.05) is 0 Å². The average molecular weight is 298 g/mol. The molecule has 0 N–H and O–H groups in total. The lowest BCUT2D eigenvalue weighted by molar-refractivity contribution is 0.0903. The maximum Gasteiger partial charge on any atom is 0.169 e. The van der Waals surface area contributed by atoms with Gasteiger partial charge >= 0.3 is 0 Å². The smallest absolute Gasteiger partial charge is 0.169 e. The fourth-order valence-corrected chi connectivity index (χ4v) is 4.96. The van der Waals surface area contributed by atoms with Gasteiger partial charge in [0, 0.05) is 22.5 Å². The highest BCUT2D eigenvalue weighted by Gasteiger charge is 2.38. The van der Waals surface area contributed by atoms with Gasteiger partial charge in [0.1, 0.15) is 5.75 Å². The molecule has 2 nitrogen and oxygen atoms in total. The number of ether oxygens (including phenoxy) is 1. The first-order valence-corrected chi connectivity index (χ1v) is 7.75. The second-order valence-corrected chi connectivity index (χ2v) is 7.06. The number of Topliss-reactive ketones (excluding diaryl/α,β-unsaturated/α-hetero) is 1. The predicted octanol–water partition coefficient (Wildman–Crippen LogP) is 3.83. The van der Waals surface area contributed by atoms with Gasteiger partial charge in [0.2, 0.25) is 0 Å². The molecule has 1 aromatic carbocycles. The van der Waals surface area contributed by atoms with Crippen LogP contribution in [-0.2, 0) is 0 Å². The number of methoxy groups -OCH3 is 1. The Morgan fingerprint density at radius 1 is 1.20 bits per heavy atom. The molecule has 3 rings (SSSR count). The monoisotopic (exact) mass is 298 g/mol. The van der Waals surface area contributed by atoms with Crippen LogP contribution in [0.4, 0.5) is 8.78 Å². The van der Waals surface area contributed by atoms with Gasteiger partial charge in [-0.2, -0.15) is 11.8 Å². The molecule has 2 fully saturated rings. The van der Waals surface area contributed by atoms with E-state index in [9.17, 15) is 13.6 Å². The minimum atomic E-state index is -0.998. The summed E-state index contributed by atoms with van der Waals surface area (Å²) in [6.07, 6.45) is 3.99. The molecule has 1 aromatic rings. The molecule has 2 aliphatic rings. The van der Waals surface area contributed by atoms with Gasteiger partial charge in [-0.3, -0.25) is 4.79 Å². The molecule has 0 saturated carbocycles. The molecule has 0 aromatic heterocycles. The van der Waals surface area contributed by atoms with Crippen molar-refractivity contribution in [3.63, 3.8) is 0 Å². The molecular formula is C15H16F2O2S. The third-order valence-corrected chi connectivity index (χ3v) is 5.80. The minimum Gasteiger partial charge on any atom is -0.496 e. The van der Waals surface area contributed by atoms with Gasteiger partial charge in [-0.05, 0) is 31.7 Å². The first kappa shape index (κ1) is 13.9. The maximum atomic E-state index is 13.4. The van der Waals surface area contributed by atoms with Crippen LogP contribution < -0.4 is 4.74 Å². The number of carbonyl (C=O) groups is 1. The van der Waals surface area contributed by atoms with E-state index in [1.807, 2.05) is 11.8 Å². The predicted molar refractivity (Wildman–Crippen MR) is 74.4 cm³/mol. The Bertz CT molecular complexity index is 535. The Hall–Kier alpha value is -1.10. The number of benzene rings is 1. The molecular weight excluding hydrogens is 282 g/mol. The van der Waals surface area contributed by atoms with Crippen LogP contribution in [0, 0.1) is 17.6 Å². The Labute approximate surface area is 120 Å². The zero-order valence-electron chi connectivity index (χ0n) is 11.2. The standard InChI is InChI=1S/C15H16F2O2S/c1-19-14-7-13(17)12(16)6-11(14)15(18)8-4-9-2-3-10(5-8)20-9/h6-10H,2-5H2,1H3. The summed E-state index contributed by atoms with van der Waals surface area (Å²) in [4.78, 5) is 12.6.